The molecular formula is C44H84S. The fourth-order valence-electron chi connectivity index (χ4n) is 7.59. The number of rotatable bonds is 36. The van der Waals surface area contributed by atoms with Gasteiger partial charge >= 0.3 is 0 Å². The van der Waals surface area contributed by atoms with E-state index in [0.717, 1.165) is 11.8 Å². The van der Waals surface area contributed by atoms with Crippen LogP contribution in [0.1, 0.15) is 244 Å². The molecule has 0 aliphatic heterocycles. The molecule has 1 heteroatoms. The molecule has 2 unspecified atom stereocenters. The molecule has 0 nitrogen and oxygen atoms in total. The van der Waals surface area contributed by atoms with Gasteiger partial charge in [0, 0.05) is 0 Å². The van der Waals surface area contributed by atoms with Crippen LogP contribution in [-0.2, 0) is 12.8 Å². The smallest absolute Gasteiger partial charge is 0.00583 e. The first-order valence-corrected chi connectivity index (χ1v) is 22.2. The van der Waals surface area contributed by atoms with Gasteiger partial charge in [0.25, 0.3) is 0 Å². The summed E-state index contributed by atoms with van der Waals surface area (Å²) in [6, 6.07) is 0. The van der Waals surface area contributed by atoms with Gasteiger partial charge in [0.2, 0.25) is 0 Å². The molecule has 266 valence electrons. The monoisotopic (exact) mass is 645 g/mol. The molecule has 0 fully saturated rings. The Morgan fingerprint density at radius 2 is 0.556 bits per heavy atom. The van der Waals surface area contributed by atoms with Crippen LogP contribution in [0.3, 0.4) is 0 Å². The van der Waals surface area contributed by atoms with E-state index < -0.39 is 0 Å². The summed E-state index contributed by atoms with van der Waals surface area (Å²) in [5, 5.41) is 5.13. The Balaban J connectivity index is 2.65. The van der Waals surface area contributed by atoms with E-state index in [1.54, 1.807) is 11.1 Å². The Morgan fingerprint density at radius 1 is 0.333 bits per heavy atom. The van der Waals surface area contributed by atoms with Crippen molar-refractivity contribution in [1.82, 2.24) is 0 Å². The Bertz CT molecular complexity index is 632. The Morgan fingerprint density at radius 3 is 0.800 bits per heavy atom. The van der Waals surface area contributed by atoms with E-state index in [4.69, 9.17) is 0 Å². The van der Waals surface area contributed by atoms with Crippen LogP contribution in [0.5, 0.6) is 0 Å². The Hall–Kier alpha value is -0.300. The summed E-state index contributed by atoms with van der Waals surface area (Å²) in [5.74, 6) is 1.82. The lowest BCUT2D eigenvalue weighted by atomic mass is 9.85. The first kappa shape index (κ1) is 42.7. The molecule has 0 amide bonds. The minimum atomic E-state index is 0.911. The highest BCUT2D eigenvalue weighted by Crippen LogP contribution is 2.30. The fraction of sp³-hybridized carbons (Fsp3) is 0.909. The molecule has 0 aliphatic rings. The molecule has 0 saturated heterocycles. The number of hydrogen-bond donors (Lipinski definition) is 0. The van der Waals surface area contributed by atoms with E-state index in [9.17, 15) is 0 Å². The van der Waals surface area contributed by atoms with Crippen LogP contribution in [0.4, 0.5) is 0 Å². The zero-order valence-electron chi connectivity index (χ0n) is 31.8. The Labute approximate surface area is 290 Å². The maximum Gasteiger partial charge on any atom is -0.00583 e. The molecule has 0 bridgehead atoms. The molecule has 1 aromatic heterocycles. The summed E-state index contributed by atoms with van der Waals surface area (Å²) in [6.45, 7) is 9.34. The number of hydrogen-bond acceptors (Lipinski definition) is 1. The fourth-order valence-corrected chi connectivity index (χ4v) is 8.48. The number of unbranched alkanes of at least 4 members (excludes halogenated alkanes) is 24. The van der Waals surface area contributed by atoms with Gasteiger partial charge in [-0.2, -0.15) is 11.3 Å². The van der Waals surface area contributed by atoms with Crippen molar-refractivity contribution in [2.75, 3.05) is 0 Å². The second-order valence-electron chi connectivity index (χ2n) is 15.2. The summed E-state index contributed by atoms with van der Waals surface area (Å²) in [7, 11) is 0. The van der Waals surface area contributed by atoms with Crippen molar-refractivity contribution < 1.29 is 0 Å². The van der Waals surface area contributed by atoms with Crippen LogP contribution >= 0.6 is 11.3 Å². The highest BCUT2D eigenvalue weighted by Gasteiger charge is 2.17. The Kier molecular flexibility index (Phi) is 31.9. The molecule has 0 radical (unpaired) electrons. The van der Waals surface area contributed by atoms with Crippen molar-refractivity contribution in [1.29, 1.82) is 0 Å². The van der Waals surface area contributed by atoms with E-state index in [-0.39, 0.29) is 0 Å². The zero-order chi connectivity index (χ0) is 32.5. The molecular weight excluding hydrogens is 561 g/mol. The van der Waals surface area contributed by atoms with E-state index in [0.29, 0.717) is 0 Å². The van der Waals surface area contributed by atoms with E-state index in [1.807, 2.05) is 11.3 Å². The van der Waals surface area contributed by atoms with Gasteiger partial charge in [0.05, 0.1) is 0 Å². The van der Waals surface area contributed by atoms with Crippen molar-refractivity contribution in [3.63, 3.8) is 0 Å². The molecule has 0 N–H and O–H groups in total. The normalized spacial score (nSPS) is 13.1. The zero-order valence-corrected chi connectivity index (χ0v) is 32.6. The van der Waals surface area contributed by atoms with Crippen LogP contribution in [0.2, 0.25) is 0 Å². The maximum absolute atomic E-state index is 2.56. The van der Waals surface area contributed by atoms with Crippen LogP contribution < -0.4 is 0 Å². The average Bonchev–Trinajstić information content (AvgIpc) is 3.48. The molecule has 1 aromatic rings. The highest BCUT2D eigenvalue weighted by atomic mass is 32.1. The van der Waals surface area contributed by atoms with Crippen LogP contribution in [0, 0.1) is 11.8 Å². The molecule has 2 atom stereocenters. The van der Waals surface area contributed by atoms with Gasteiger partial charge in [0.1, 0.15) is 0 Å². The van der Waals surface area contributed by atoms with Crippen molar-refractivity contribution in [3.8, 4) is 0 Å². The summed E-state index contributed by atoms with van der Waals surface area (Å²) in [4.78, 5) is 0. The predicted octanol–water partition coefficient (Wildman–Crippen LogP) is 16.6. The van der Waals surface area contributed by atoms with E-state index in [1.165, 1.54) is 218 Å². The van der Waals surface area contributed by atoms with E-state index in [2.05, 4.69) is 38.5 Å². The second kappa shape index (κ2) is 33.6. The lowest BCUT2D eigenvalue weighted by molar-refractivity contribution is 0.390. The lowest BCUT2D eigenvalue weighted by Gasteiger charge is -2.20. The van der Waals surface area contributed by atoms with Crippen LogP contribution in [0.15, 0.2) is 10.8 Å². The minimum absolute atomic E-state index is 0.911. The molecule has 0 saturated carbocycles. The maximum atomic E-state index is 2.56. The predicted molar refractivity (Wildman–Crippen MR) is 209 cm³/mol. The van der Waals surface area contributed by atoms with Gasteiger partial charge in [-0.25, -0.2) is 0 Å². The summed E-state index contributed by atoms with van der Waals surface area (Å²) in [6.07, 6.45) is 49.0. The molecule has 1 rings (SSSR count). The first-order valence-electron chi connectivity index (χ1n) is 21.3. The van der Waals surface area contributed by atoms with Gasteiger partial charge in [0.15, 0.2) is 0 Å². The van der Waals surface area contributed by atoms with Crippen molar-refractivity contribution in [2.45, 2.75) is 246 Å². The first-order chi connectivity index (χ1) is 22.2. The average molecular weight is 645 g/mol. The summed E-state index contributed by atoms with van der Waals surface area (Å²) < 4.78 is 0. The van der Waals surface area contributed by atoms with Gasteiger partial charge in [-0.15, -0.1) is 0 Å². The SMILES string of the molecule is CCCCCCCCCCC(CCCCCCCC)Cc1cscc1CC(CCCCCCCC)CCCCCCCCCC. The minimum Gasteiger partial charge on any atom is -0.152 e. The highest BCUT2D eigenvalue weighted by molar-refractivity contribution is 7.08. The third-order valence-electron chi connectivity index (χ3n) is 10.7. The quantitative estimate of drug-likeness (QED) is 0.0638. The van der Waals surface area contributed by atoms with Gasteiger partial charge in [-0.05, 0) is 46.6 Å². The molecule has 45 heavy (non-hydrogen) atoms. The third-order valence-corrected chi connectivity index (χ3v) is 11.6. The standard InChI is InChI=1S/C44H84S/c1-5-9-13-17-21-23-27-31-35-41(33-29-25-19-15-11-7-3)37-43-39-45-40-44(43)38-42(34-30-26-20-16-12-8-4)36-32-28-24-22-18-14-10-6-2/h39-42H,5-38H2,1-4H3. The molecule has 1 heterocycles. The number of thiophene rings is 1. The molecule has 0 aliphatic carbocycles. The van der Waals surface area contributed by atoms with E-state index >= 15 is 0 Å². The largest absolute Gasteiger partial charge is 0.152 e. The third kappa shape index (κ3) is 26.4. The van der Waals surface area contributed by atoms with Gasteiger partial charge in [-0.1, -0.05) is 233 Å². The van der Waals surface area contributed by atoms with Crippen molar-refractivity contribution >= 4 is 11.3 Å². The molecule has 0 aromatic carbocycles. The topological polar surface area (TPSA) is 0 Å². The lowest BCUT2D eigenvalue weighted by Crippen LogP contribution is -2.10. The van der Waals surface area contributed by atoms with Crippen molar-refractivity contribution in [3.05, 3.63) is 21.9 Å². The van der Waals surface area contributed by atoms with Crippen LogP contribution in [-0.4, -0.2) is 0 Å². The second-order valence-corrected chi connectivity index (χ2v) is 15.9. The summed E-state index contributed by atoms with van der Waals surface area (Å²) >= 11 is 2.01. The molecule has 0 spiro atoms. The van der Waals surface area contributed by atoms with Crippen molar-refractivity contribution in [2.24, 2.45) is 11.8 Å². The summed E-state index contributed by atoms with van der Waals surface area (Å²) in [5.41, 5.74) is 3.50. The van der Waals surface area contributed by atoms with Crippen LogP contribution in [0.25, 0.3) is 0 Å². The van der Waals surface area contributed by atoms with Gasteiger partial charge in [-0.3, -0.25) is 0 Å². The van der Waals surface area contributed by atoms with Gasteiger partial charge < -0.3 is 0 Å².